The van der Waals surface area contributed by atoms with Crippen molar-refractivity contribution in [2.45, 2.75) is 6.92 Å². The maximum absolute atomic E-state index is 12.2. The Kier molecular flexibility index (Phi) is 5.65. The van der Waals surface area contributed by atoms with Gasteiger partial charge in [0.05, 0.1) is 0 Å². The van der Waals surface area contributed by atoms with E-state index in [9.17, 15) is 4.79 Å². The molecule has 0 radical (unpaired) electrons. The zero-order valence-electron chi connectivity index (χ0n) is 15.7. The summed E-state index contributed by atoms with van der Waals surface area (Å²) in [5.41, 5.74) is 1.69. The Morgan fingerprint density at radius 3 is 2.59 bits per heavy atom. The Balaban J connectivity index is 1.52. The summed E-state index contributed by atoms with van der Waals surface area (Å²) in [5.74, 6) is 1.94. The topological polar surface area (TPSA) is 88.0 Å². The number of amides is 1. The summed E-state index contributed by atoms with van der Waals surface area (Å²) in [6, 6.07) is 11.2. The van der Waals surface area contributed by atoms with Crippen molar-refractivity contribution in [2.24, 2.45) is 0 Å². The molecule has 0 saturated carbocycles. The first-order valence-corrected chi connectivity index (χ1v) is 8.68. The van der Waals surface area contributed by atoms with Gasteiger partial charge < -0.3 is 15.5 Å². The van der Waals surface area contributed by atoms with Crippen LogP contribution in [0.4, 0.5) is 11.5 Å². The smallest absolute Gasteiger partial charge is 0.251 e. The van der Waals surface area contributed by atoms with Crippen LogP contribution in [-0.2, 0) is 0 Å². The molecule has 0 atom stereocenters. The summed E-state index contributed by atoms with van der Waals surface area (Å²) in [4.78, 5) is 22.9. The van der Waals surface area contributed by atoms with E-state index in [4.69, 9.17) is 0 Å². The van der Waals surface area contributed by atoms with Gasteiger partial charge in [-0.1, -0.05) is 0 Å². The van der Waals surface area contributed by atoms with E-state index < -0.39 is 0 Å². The van der Waals surface area contributed by atoms with Crippen LogP contribution in [-0.4, -0.2) is 52.8 Å². The standard InChI is InChI=1S/C19H23N7O/c1-14-23-17(13-18(24-14)26-12-4-9-22-26)20-10-11-21-19(27)15-5-7-16(8-6-15)25(2)3/h4-9,12-13H,10-11H2,1-3H3,(H,21,27)(H,20,23,24). The van der Waals surface area contributed by atoms with Crippen LogP contribution in [0.2, 0.25) is 0 Å². The molecule has 27 heavy (non-hydrogen) atoms. The molecule has 1 aromatic carbocycles. The largest absolute Gasteiger partial charge is 0.378 e. The molecule has 0 fully saturated rings. The number of rotatable bonds is 7. The third-order valence-electron chi connectivity index (χ3n) is 3.93. The summed E-state index contributed by atoms with van der Waals surface area (Å²) < 4.78 is 1.68. The van der Waals surface area contributed by atoms with E-state index in [2.05, 4.69) is 25.7 Å². The number of aromatic nitrogens is 4. The third kappa shape index (κ3) is 4.81. The Hall–Kier alpha value is -3.42. The lowest BCUT2D eigenvalue weighted by atomic mass is 10.2. The van der Waals surface area contributed by atoms with Gasteiger partial charge in [0.2, 0.25) is 0 Å². The van der Waals surface area contributed by atoms with Crippen molar-refractivity contribution in [3.8, 4) is 5.82 Å². The average Bonchev–Trinajstić information content (AvgIpc) is 3.19. The highest BCUT2D eigenvalue weighted by Crippen LogP contribution is 2.12. The van der Waals surface area contributed by atoms with E-state index in [0.717, 1.165) is 5.69 Å². The molecule has 2 heterocycles. The molecule has 0 aliphatic rings. The highest BCUT2D eigenvalue weighted by atomic mass is 16.1. The first-order valence-electron chi connectivity index (χ1n) is 8.68. The van der Waals surface area contributed by atoms with Crippen LogP contribution in [0.1, 0.15) is 16.2 Å². The second-order valence-corrected chi connectivity index (χ2v) is 6.23. The summed E-state index contributed by atoms with van der Waals surface area (Å²) in [6.45, 7) is 2.86. The molecule has 0 aliphatic carbocycles. The number of nitrogens with zero attached hydrogens (tertiary/aromatic N) is 5. The van der Waals surface area contributed by atoms with E-state index in [-0.39, 0.29) is 5.91 Å². The van der Waals surface area contributed by atoms with Crippen molar-refractivity contribution in [1.82, 2.24) is 25.1 Å². The highest BCUT2D eigenvalue weighted by Gasteiger charge is 2.06. The average molecular weight is 365 g/mol. The van der Waals surface area contributed by atoms with Crippen LogP contribution in [0.15, 0.2) is 48.8 Å². The Bertz CT molecular complexity index is 889. The van der Waals surface area contributed by atoms with Crippen molar-refractivity contribution in [3.63, 3.8) is 0 Å². The van der Waals surface area contributed by atoms with Crippen LogP contribution >= 0.6 is 0 Å². The molecule has 140 valence electrons. The zero-order chi connectivity index (χ0) is 19.2. The molecular formula is C19H23N7O. The fraction of sp³-hybridized carbons (Fsp3) is 0.263. The molecule has 0 saturated heterocycles. The molecule has 3 aromatic rings. The summed E-state index contributed by atoms with van der Waals surface area (Å²) in [5, 5.41) is 10.3. The number of carbonyl (C=O) groups is 1. The van der Waals surface area contributed by atoms with Crippen molar-refractivity contribution < 1.29 is 4.79 Å². The molecule has 2 N–H and O–H groups in total. The number of carbonyl (C=O) groups excluding carboxylic acids is 1. The molecule has 0 spiro atoms. The molecule has 8 nitrogen and oxygen atoms in total. The van der Waals surface area contributed by atoms with Gasteiger partial charge in [-0.15, -0.1) is 0 Å². The van der Waals surface area contributed by atoms with Gasteiger partial charge in [-0.25, -0.2) is 14.6 Å². The van der Waals surface area contributed by atoms with Gasteiger partial charge >= 0.3 is 0 Å². The van der Waals surface area contributed by atoms with Gasteiger partial charge in [0.15, 0.2) is 5.82 Å². The summed E-state index contributed by atoms with van der Waals surface area (Å²) in [7, 11) is 3.93. The molecule has 2 aromatic heterocycles. The van der Waals surface area contributed by atoms with Crippen molar-refractivity contribution >= 4 is 17.4 Å². The Labute approximate surface area is 158 Å². The van der Waals surface area contributed by atoms with Gasteiger partial charge in [0, 0.05) is 56.9 Å². The minimum Gasteiger partial charge on any atom is -0.378 e. The van der Waals surface area contributed by atoms with Gasteiger partial charge in [0.1, 0.15) is 11.6 Å². The van der Waals surface area contributed by atoms with Crippen LogP contribution < -0.4 is 15.5 Å². The minimum absolute atomic E-state index is 0.0989. The van der Waals surface area contributed by atoms with Gasteiger partial charge in [-0.3, -0.25) is 4.79 Å². The lowest BCUT2D eigenvalue weighted by molar-refractivity contribution is 0.0955. The lowest BCUT2D eigenvalue weighted by Gasteiger charge is -2.13. The fourth-order valence-electron chi connectivity index (χ4n) is 2.54. The molecule has 0 unspecified atom stereocenters. The zero-order valence-corrected chi connectivity index (χ0v) is 15.7. The normalized spacial score (nSPS) is 10.5. The number of nitrogens with one attached hydrogen (secondary N) is 2. The first-order chi connectivity index (χ1) is 13.0. The van der Waals surface area contributed by atoms with Crippen molar-refractivity contribution in [2.75, 3.05) is 37.4 Å². The number of hydrogen-bond acceptors (Lipinski definition) is 6. The molecule has 0 aliphatic heterocycles. The summed E-state index contributed by atoms with van der Waals surface area (Å²) >= 11 is 0. The maximum atomic E-state index is 12.2. The lowest BCUT2D eigenvalue weighted by Crippen LogP contribution is -2.29. The van der Waals surface area contributed by atoms with Crippen molar-refractivity contribution in [3.05, 3.63) is 60.2 Å². The SMILES string of the molecule is Cc1nc(NCCNC(=O)c2ccc(N(C)C)cc2)cc(-n2cccn2)n1. The summed E-state index contributed by atoms with van der Waals surface area (Å²) in [6.07, 6.45) is 3.53. The molecule has 0 bridgehead atoms. The van der Waals surface area contributed by atoms with Gasteiger partial charge in [-0.2, -0.15) is 5.10 Å². The monoisotopic (exact) mass is 365 g/mol. The number of aryl methyl sites for hydroxylation is 1. The van der Waals surface area contributed by atoms with E-state index in [0.29, 0.717) is 36.1 Å². The molecular weight excluding hydrogens is 342 g/mol. The number of benzene rings is 1. The van der Waals surface area contributed by atoms with Gasteiger partial charge in [0.25, 0.3) is 5.91 Å². The van der Waals surface area contributed by atoms with Crippen LogP contribution in [0.25, 0.3) is 5.82 Å². The third-order valence-corrected chi connectivity index (χ3v) is 3.93. The minimum atomic E-state index is -0.0989. The van der Waals surface area contributed by atoms with E-state index in [1.54, 1.807) is 10.9 Å². The predicted molar refractivity (Wildman–Crippen MR) is 105 cm³/mol. The van der Waals surface area contributed by atoms with Crippen LogP contribution in [0.3, 0.4) is 0 Å². The Morgan fingerprint density at radius 1 is 1.15 bits per heavy atom. The van der Waals surface area contributed by atoms with Crippen molar-refractivity contribution in [1.29, 1.82) is 0 Å². The first kappa shape index (κ1) is 18.4. The molecule has 1 amide bonds. The predicted octanol–water partition coefficient (Wildman–Crippen LogP) is 1.88. The quantitative estimate of drug-likeness (QED) is 0.622. The number of hydrogen-bond donors (Lipinski definition) is 2. The highest BCUT2D eigenvalue weighted by molar-refractivity contribution is 5.94. The van der Waals surface area contributed by atoms with Crippen LogP contribution in [0.5, 0.6) is 0 Å². The van der Waals surface area contributed by atoms with E-state index in [1.807, 2.05) is 68.5 Å². The second-order valence-electron chi connectivity index (χ2n) is 6.23. The Morgan fingerprint density at radius 2 is 1.93 bits per heavy atom. The van der Waals surface area contributed by atoms with E-state index in [1.165, 1.54) is 0 Å². The fourth-order valence-corrected chi connectivity index (χ4v) is 2.54. The molecule has 3 rings (SSSR count). The van der Waals surface area contributed by atoms with Gasteiger partial charge in [-0.05, 0) is 37.3 Å². The maximum Gasteiger partial charge on any atom is 0.251 e. The second kappa shape index (κ2) is 8.31. The van der Waals surface area contributed by atoms with Crippen LogP contribution in [0, 0.1) is 6.92 Å². The molecule has 8 heteroatoms. The van der Waals surface area contributed by atoms with E-state index >= 15 is 0 Å². The number of anilines is 2.